The summed E-state index contributed by atoms with van der Waals surface area (Å²) in [5.41, 5.74) is 1.62. The number of halogens is 1. The van der Waals surface area contributed by atoms with Gasteiger partial charge in [-0.2, -0.15) is 10.1 Å². The summed E-state index contributed by atoms with van der Waals surface area (Å²) in [4.78, 5) is 6.61. The van der Waals surface area contributed by atoms with E-state index >= 15 is 0 Å². The van der Waals surface area contributed by atoms with Crippen molar-refractivity contribution >= 4 is 11.6 Å². The van der Waals surface area contributed by atoms with Gasteiger partial charge in [0.15, 0.2) is 11.5 Å². The van der Waals surface area contributed by atoms with Crippen LogP contribution in [0.4, 0.5) is 0 Å². The van der Waals surface area contributed by atoms with Crippen LogP contribution in [-0.4, -0.2) is 37.4 Å². The summed E-state index contributed by atoms with van der Waals surface area (Å²) in [6, 6.07) is 0.488. The van der Waals surface area contributed by atoms with Crippen LogP contribution in [0, 0.1) is 6.92 Å². The molecule has 0 unspecified atom stereocenters. The molecule has 108 valence electrons. The zero-order valence-corrected chi connectivity index (χ0v) is 12.7. The first kappa shape index (κ1) is 13.6. The van der Waals surface area contributed by atoms with Gasteiger partial charge in [-0.15, -0.1) is 0 Å². The molecule has 0 aromatic carbocycles. The average Bonchev–Trinajstić information content (AvgIpc) is 2.86. The average molecular weight is 296 g/mol. The Labute approximate surface area is 122 Å². The molecule has 0 fully saturated rings. The van der Waals surface area contributed by atoms with Crippen molar-refractivity contribution in [3.05, 3.63) is 16.5 Å². The topological polar surface area (TPSA) is 60.0 Å². The normalized spacial score (nSPS) is 16.4. The van der Waals surface area contributed by atoms with Crippen LogP contribution in [0.15, 0.2) is 4.52 Å². The summed E-state index contributed by atoms with van der Waals surface area (Å²) in [5.74, 6) is 0.979. The monoisotopic (exact) mass is 295 g/mol. The molecule has 2 aromatic rings. The fraction of sp³-hybridized carbons (Fsp3) is 0.615. The molecular weight excluding hydrogens is 278 g/mol. The predicted octanol–water partition coefficient (Wildman–Crippen LogP) is 2.51. The van der Waals surface area contributed by atoms with Gasteiger partial charge >= 0.3 is 0 Å². The molecule has 0 aliphatic carbocycles. The second-order valence-corrected chi connectivity index (χ2v) is 5.77. The lowest BCUT2D eigenvalue weighted by Gasteiger charge is -2.23. The van der Waals surface area contributed by atoms with Gasteiger partial charge in [0.05, 0.1) is 10.7 Å². The highest BCUT2D eigenvalue weighted by atomic mass is 35.5. The molecular formula is C13H18ClN5O. The van der Waals surface area contributed by atoms with Crippen LogP contribution >= 0.6 is 11.6 Å². The maximum absolute atomic E-state index is 6.49. The van der Waals surface area contributed by atoms with Crippen LogP contribution < -0.4 is 0 Å². The van der Waals surface area contributed by atoms with Crippen molar-refractivity contribution in [3.63, 3.8) is 0 Å². The van der Waals surface area contributed by atoms with Crippen molar-refractivity contribution < 1.29 is 4.52 Å². The number of aryl methyl sites for hydroxylation is 2. The number of aromatic nitrogens is 4. The molecule has 0 N–H and O–H groups in total. The van der Waals surface area contributed by atoms with Gasteiger partial charge in [-0.3, -0.25) is 9.58 Å². The van der Waals surface area contributed by atoms with E-state index in [0.29, 0.717) is 28.5 Å². The summed E-state index contributed by atoms with van der Waals surface area (Å²) in [7, 11) is 0. The number of hydrogen-bond donors (Lipinski definition) is 0. The molecule has 0 bridgehead atoms. The number of hydrogen-bond acceptors (Lipinski definition) is 5. The Kier molecular flexibility index (Phi) is 3.52. The molecule has 0 atom stereocenters. The van der Waals surface area contributed by atoms with Crippen molar-refractivity contribution in [3.8, 4) is 11.6 Å². The standard InChI is InChI=1S/C13H18ClN5O/c1-8(2)18-5-4-6-19-10(7-18)11(14)12(16-19)13-15-9(3)17-20-13/h8H,4-7H2,1-3H3. The SMILES string of the molecule is Cc1noc(-c2nn3c(c2Cl)CN(C(C)C)CCC3)n1. The third kappa shape index (κ3) is 2.33. The third-order valence-electron chi connectivity index (χ3n) is 3.62. The quantitative estimate of drug-likeness (QED) is 0.852. The van der Waals surface area contributed by atoms with Crippen LogP contribution in [-0.2, 0) is 13.1 Å². The first-order valence-electron chi connectivity index (χ1n) is 6.86. The highest BCUT2D eigenvalue weighted by Gasteiger charge is 2.25. The van der Waals surface area contributed by atoms with E-state index in [0.717, 1.165) is 31.7 Å². The number of fused-ring (bicyclic) bond motifs is 1. The van der Waals surface area contributed by atoms with Crippen molar-refractivity contribution in [1.29, 1.82) is 0 Å². The fourth-order valence-electron chi connectivity index (χ4n) is 2.48. The van der Waals surface area contributed by atoms with Crippen molar-refractivity contribution in [2.24, 2.45) is 0 Å². The molecule has 1 aliphatic heterocycles. The van der Waals surface area contributed by atoms with E-state index in [1.165, 1.54) is 0 Å². The van der Waals surface area contributed by atoms with E-state index in [-0.39, 0.29) is 0 Å². The molecule has 0 spiro atoms. The van der Waals surface area contributed by atoms with Crippen LogP contribution in [0.25, 0.3) is 11.6 Å². The first-order valence-corrected chi connectivity index (χ1v) is 7.24. The molecule has 3 rings (SSSR count). The zero-order valence-electron chi connectivity index (χ0n) is 11.9. The van der Waals surface area contributed by atoms with E-state index in [1.807, 2.05) is 4.68 Å². The van der Waals surface area contributed by atoms with Gasteiger partial charge in [0.2, 0.25) is 0 Å². The lowest BCUT2D eigenvalue weighted by Crippen LogP contribution is -2.30. The molecule has 1 aliphatic rings. The molecule has 20 heavy (non-hydrogen) atoms. The molecule has 0 amide bonds. The van der Waals surface area contributed by atoms with Gasteiger partial charge in [-0.05, 0) is 27.2 Å². The smallest absolute Gasteiger partial charge is 0.279 e. The minimum absolute atomic E-state index is 0.393. The van der Waals surface area contributed by atoms with Crippen LogP contribution in [0.5, 0.6) is 0 Å². The molecule has 6 nitrogen and oxygen atoms in total. The van der Waals surface area contributed by atoms with Gasteiger partial charge in [0.1, 0.15) is 0 Å². The summed E-state index contributed by atoms with van der Waals surface area (Å²) < 4.78 is 7.15. The van der Waals surface area contributed by atoms with E-state index in [2.05, 4.69) is 34.0 Å². The third-order valence-corrected chi connectivity index (χ3v) is 4.02. The minimum atomic E-state index is 0.393. The molecule has 0 radical (unpaired) electrons. The number of nitrogens with zero attached hydrogens (tertiary/aromatic N) is 5. The van der Waals surface area contributed by atoms with E-state index in [4.69, 9.17) is 16.1 Å². The van der Waals surface area contributed by atoms with E-state index < -0.39 is 0 Å². The van der Waals surface area contributed by atoms with Crippen molar-refractivity contribution in [1.82, 2.24) is 24.8 Å². The second kappa shape index (κ2) is 5.18. The Hall–Kier alpha value is -1.40. The molecule has 3 heterocycles. The maximum atomic E-state index is 6.49. The molecule has 0 saturated heterocycles. The van der Waals surface area contributed by atoms with E-state index in [9.17, 15) is 0 Å². The molecule has 2 aromatic heterocycles. The Morgan fingerprint density at radius 1 is 1.30 bits per heavy atom. The second-order valence-electron chi connectivity index (χ2n) is 5.40. The highest BCUT2D eigenvalue weighted by molar-refractivity contribution is 6.33. The summed E-state index contributed by atoms with van der Waals surface area (Å²) in [6.07, 6.45) is 1.06. The van der Waals surface area contributed by atoms with Gasteiger partial charge in [-0.1, -0.05) is 16.8 Å². The lowest BCUT2D eigenvalue weighted by molar-refractivity contribution is 0.216. The van der Waals surface area contributed by atoms with Gasteiger partial charge in [0, 0.05) is 25.7 Å². The highest BCUT2D eigenvalue weighted by Crippen LogP contribution is 2.31. The Morgan fingerprint density at radius 3 is 2.75 bits per heavy atom. The fourth-order valence-corrected chi connectivity index (χ4v) is 2.75. The largest absolute Gasteiger partial charge is 0.332 e. The Bertz CT molecular complexity index is 618. The van der Waals surface area contributed by atoms with Crippen LogP contribution in [0.2, 0.25) is 5.02 Å². The van der Waals surface area contributed by atoms with E-state index in [1.54, 1.807) is 6.92 Å². The van der Waals surface area contributed by atoms with Crippen LogP contribution in [0.3, 0.4) is 0 Å². The number of rotatable bonds is 2. The first-order chi connectivity index (χ1) is 9.56. The van der Waals surface area contributed by atoms with Gasteiger partial charge in [0.25, 0.3) is 5.89 Å². The zero-order chi connectivity index (χ0) is 14.3. The van der Waals surface area contributed by atoms with Gasteiger partial charge < -0.3 is 4.52 Å². The Morgan fingerprint density at radius 2 is 2.10 bits per heavy atom. The van der Waals surface area contributed by atoms with Gasteiger partial charge in [-0.25, -0.2) is 0 Å². The Balaban J connectivity index is 2.00. The summed E-state index contributed by atoms with van der Waals surface area (Å²) in [6.45, 7) is 8.90. The van der Waals surface area contributed by atoms with Crippen LogP contribution in [0.1, 0.15) is 31.8 Å². The molecule has 7 heteroatoms. The summed E-state index contributed by atoms with van der Waals surface area (Å²) >= 11 is 6.49. The lowest BCUT2D eigenvalue weighted by atomic mass is 10.2. The van der Waals surface area contributed by atoms with Crippen molar-refractivity contribution in [2.45, 2.75) is 46.3 Å². The summed E-state index contributed by atoms with van der Waals surface area (Å²) in [5, 5.41) is 8.97. The minimum Gasteiger partial charge on any atom is -0.332 e. The van der Waals surface area contributed by atoms with Crippen molar-refractivity contribution in [2.75, 3.05) is 6.54 Å². The maximum Gasteiger partial charge on any atom is 0.279 e. The predicted molar refractivity (Wildman–Crippen MR) is 75.4 cm³/mol. The molecule has 0 saturated carbocycles.